The van der Waals surface area contributed by atoms with Crippen LogP contribution >= 0.6 is 23.4 Å². The van der Waals surface area contributed by atoms with Crippen LogP contribution in [0.25, 0.3) is 0 Å². The number of ether oxygens (including phenoxy) is 1. The fourth-order valence-corrected chi connectivity index (χ4v) is 2.56. The molecule has 0 radical (unpaired) electrons. The molecule has 0 aliphatic heterocycles. The molecule has 0 saturated heterocycles. The minimum absolute atomic E-state index is 0.0666. The number of benzene rings is 2. The van der Waals surface area contributed by atoms with Crippen LogP contribution in [0.4, 0.5) is 10.1 Å². The van der Waals surface area contributed by atoms with Crippen LogP contribution in [0.15, 0.2) is 47.4 Å². The number of nitrogens with one attached hydrogen (secondary N) is 1. The zero-order valence-electron chi connectivity index (χ0n) is 12.1. The van der Waals surface area contributed by atoms with E-state index in [-0.39, 0.29) is 10.7 Å². The molecule has 0 atom stereocenters. The molecule has 2 aromatic carbocycles. The molecule has 0 aliphatic carbocycles. The molecule has 23 heavy (non-hydrogen) atoms. The SMILES string of the molecule is CSc1ccccc1C(=O)OCC(=O)Nc1cc(Cl)ccc1F. The molecule has 0 aromatic heterocycles. The Morgan fingerprint density at radius 1 is 1.26 bits per heavy atom. The minimum atomic E-state index is -0.652. The van der Waals surface area contributed by atoms with E-state index in [4.69, 9.17) is 16.3 Å². The Labute approximate surface area is 142 Å². The van der Waals surface area contributed by atoms with E-state index in [1.165, 1.54) is 23.9 Å². The van der Waals surface area contributed by atoms with Gasteiger partial charge < -0.3 is 10.1 Å². The largest absolute Gasteiger partial charge is 0.452 e. The van der Waals surface area contributed by atoms with Crippen LogP contribution in [-0.4, -0.2) is 24.7 Å². The normalized spacial score (nSPS) is 10.2. The van der Waals surface area contributed by atoms with Gasteiger partial charge >= 0.3 is 5.97 Å². The molecule has 0 aliphatic rings. The molecule has 120 valence electrons. The van der Waals surface area contributed by atoms with Crippen molar-refractivity contribution >= 4 is 40.9 Å². The highest BCUT2D eigenvalue weighted by Crippen LogP contribution is 2.21. The maximum Gasteiger partial charge on any atom is 0.339 e. The summed E-state index contributed by atoms with van der Waals surface area (Å²) in [5.74, 6) is -1.89. The van der Waals surface area contributed by atoms with E-state index >= 15 is 0 Å². The summed E-state index contributed by atoms with van der Waals surface area (Å²) < 4.78 is 18.5. The second-order valence-electron chi connectivity index (χ2n) is 4.45. The van der Waals surface area contributed by atoms with Crippen molar-refractivity contribution in [2.75, 3.05) is 18.2 Å². The first-order valence-electron chi connectivity index (χ1n) is 6.56. The van der Waals surface area contributed by atoms with Crippen LogP contribution in [0, 0.1) is 5.82 Å². The number of hydrogen-bond acceptors (Lipinski definition) is 4. The first-order chi connectivity index (χ1) is 11.0. The van der Waals surface area contributed by atoms with Gasteiger partial charge in [0.1, 0.15) is 5.82 Å². The number of carbonyl (C=O) groups excluding carboxylic acids is 2. The number of thioether (sulfide) groups is 1. The second-order valence-corrected chi connectivity index (χ2v) is 5.73. The Balaban J connectivity index is 1.96. The van der Waals surface area contributed by atoms with Crippen LogP contribution in [0.3, 0.4) is 0 Å². The molecule has 2 rings (SSSR count). The van der Waals surface area contributed by atoms with E-state index in [0.717, 1.165) is 11.0 Å². The molecule has 7 heteroatoms. The van der Waals surface area contributed by atoms with Crippen LogP contribution in [0.1, 0.15) is 10.4 Å². The Bertz CT molecular complexity index is 739. The fourth-order valence-electron chi connectivity index (χ4n) is 1.80. The topological polar surface area (TPSA) is 55.4 Å². The van der Waals surface area contributed by atoms with Crippen LogP contribution in [0.5, 0.6) is 0 Å². The molecule has 0 fully saturated rings. The number of anilines is 1. The summed E-state index contributed by atoms with van der Waals surface area (Å²) in [5, 5.41) is 2.59. The highest BCUT2D eigenvalue weighted by Gasteiger charge is 2.14. The van der Waals surface area contributed by atoms with E-state index in [9.17, 15) is 14.0 Å². The first kappa shape index (κ1) is 17.3. The summed E-state index contributed by atoms with van der Waals surface area (Å²) in [6, 6.07) is 10.7. The van der Waals surface area contributed by atoms with E-state index in [2.05, 4.69) is 5.32 Å². The predicted molar refractivity (Wildman–Crippen MR) is 88.5 cm³/mol. The summed E-state index contributed by atoms with van der Waals surface area (Å²) in [7, 11) is 0. The summed E-state index contributed by atoms with van der Waals surface area (Å²) >= 11 is 7.13. The number of esters is 1. The van der Waals surface area contributed by atoms with Crippen LogP contribution < -0.4 is 5.32 Å². The van der Waals surface area contributed by atoms with Gasteiger partial charge in [0.2, 0.25) is 0 Å². The molecular weight excluding hydrogens is 341 g/mol. The molecule has 0 spiro atoms. The summed E-state index contributed by atoms with van der Waals surface area (Å²) in [5.41, 5.74) is 0.310. The summed E-state index contributed by atoms with van der Waals surface area (Å²) in [6.45, 7) is -0.520. The van der Waals surface area contributed by atoms with Crippen LogP contribution in [-0.2, 0) is 9.53 Å². The van der Waals surface area contributed by atoms with Crippen molar-refractivity contribution in [1.82, 2.24) is 0 Å². The van der Waals surface area contributed by atoms with Crippen molar-refractivity contribution in [2.45, 2.75) is 4.90 Å². The van der Waals surface area contributed by atoms with Gasteiger partial charge in [-0.05, 0) is 36.6 Å². The van der Waals surface area contributed by atoms with E-state index in [0.29, 0.717) is 5.56 Å². The second kappa shape index (κ2) is 7.99. The minimum Gasteiger partial charge on any atom is -0.452 e. The van der Waals surface area contributed by atoms with Gasteiger partial charge in [-0.25, -0.2) is 9.18 Å². The predicted octanol–water partition coefficient (Wildman–Crippen LogP) is 4.00. The number of hydrogen-bond donors (Lipinski definition) is 1. The molecule has 1 N–H and O–H groups in total. The summed E-state index contributed by atoms with van der Waals surface area (Å²) in [4.78, 5) is 24.5. The van der Waals surface area contributed by atoms with Crippen molar-refractivity contribution in [1.29, 1.82) is 0 Å². The van der Waals surface area contributed by atoms with Crippen molar-refractivity contribution < 1.29 is 18.7 Å². The van der Waals surface area contributed by atoms with Gasteiger partial charge in [-0.1, -0.05) is 23.7 Å². The van der Waals surface area contributed by atoms with Gasteiger partial charge in [-0.3, -0.25) is 4.79 Å². The highest BCUT2D eigenvalue weighted by molar-refractivity contribution is 7.98. The third-order valence-corrected chi connectivity index (χ3v) is 3.89. The molecule has 0 bridgehead atoms. The molecule has 1 amide bonds. The number of amides is 1. The molecule has 0 saturated carbocycles. The van der Waals surface area contributed by atoms with Gasteiger partial charge in [0.15, 0.2) is 6.61 Å². The number of carbonyl (C=O) groups is 2. The summed E-state index contributed by atoms with van der Waals surface area (Å²) in [6.07, 6.45) is 1.83. The molecular formula is C16H13ClFNO3S. The smallest absolute Gasteiger partial charge is 0.339 e. The molecule has 2 aromatic rings. The fraction of sp³-hybridized carbons (Fsp3) is 0.125. The maximum atomic E-state index is 13.5. The lowest BCUT2D eigenvalue weighted by Gasteiger charge is -2.09. The quantitative estimate of drug-likeness (QED) is 0.652. The maximum absolute atomic E-state index is 13.5. The lowest BCUT2D eigenvalue weighted by atomic mass is 10.2. The average Bonchev–Trinajstić information content (AvgIpc) is 2.56. The molecule has 4 nitrogen and oxygen atoms in total. The molecule has 0 heterocycles. The lowest BCUT2D eigenvalue weighted by molar-refractivity contribution is -0.119. The first-order valence-corrected chi connectivity index (χ1v) is 8.16. The standard InChI is InChI=1S/C16H13ClFNO3S/c1-23-14-5-3-2-4-11(14)16(21)22-9-15(20)19-13-8-10(17)6-7-12(13)18/h2-8H,9H2,1H3,(H,19,20). The van der Waals surface area contributed by atoms with E-state index in [1.807, 2.05) is 6.26 Å². The van der Waals surface area contributed by atoms with Gasteiger partial charge in [-0.2, -0.15) is 0 Å². The Morgan fingerprint density at radius 3 is 2.74 bits per heavy atom. The average molecular weight is 354 g/mol. The van der Waals surface area contributed by atoms with Gasteiger partial charge in [0.25, 0.3) is 5.91 Å². The van der Waals surface area contributed by atoms with Gasteiger partial charge in [0.05, 0.1) is 11.3 Å². The monoisotopic (exact) mass is 353 g/mol. The van der Waals surface area contributed by atoms with Gasteiger partial charge in [-0.15, -0.1) is 11.8 Å². The van der Waals surface area contributed by atoms with E-state index < -0.39 is 24.3 Å². The van der Waals surface area contributed by atoms with Crippen LogP contribution in [0.2, 0.25) is 5.02 Å². The van der Waals surface area contributed by atoms with Crippen molar-refractivity contribution in [3.05, 3.63) is 58.9 Å². The van der Waals surface area contributed by atoms with E-state index in [1.54, 1.807) is 24.3 Å². The Morgan fingerprint density at radius 2 is 2.00 bits per heavy atom. The zero-order chi connectivity index (χ0) is 16.8. The third kappa shape index (κ3) is 4.71. The highest BCUT2D eigenvalue weighted by atomic mass is 35.5. The zero-order valence-corrected chi connectivity index (χ0v) is 13.7. The van der Waals surface area contributed by atoms with Crippen molar-refractivity contribution in [2.24, 2.45) is 0 Å². The third-order valence-electron chi connectivity index (χ3n) is 2.86. The Kier molecular flexibility index (Phi) is 6.01. The Hall–Kier alpha value is -2.05. The number of rotatable bonds is 5. The molecule has 0 unspecified atom stereocenters. The van der Waals surface area contributed by atoms with Gasteiger partial charge in [0, 0.05) is 9.92 Å². The number of halogens is 2. The lowest BCUT2D eigenvalue weighted by Crippen LogP contribution is -2.21. The van der Waals surface area contributed by atoms with Crippen molar-refractivity contribution in [3.8, 4) is 0 Å². The van der Waals surface area contributed by atoms with Crippen molar-refractivity contribution in [3.63, 3.8) is 0 Å².